The summed E-state index contributed by atoms with van der Waals surface area (Å²) >= 11 is 0. The van der Waals surface area contributed by atoms with Crippen LogP contribution in [0, 0.1) is 13.8 Å². The monoisotopic (exact) mass is 404 g/mol. The molecule has 152 valence electrons. The van der Waals surface area contributed by atoms with Crippen LogP contribution >= 0.6 is 0 Å². The molecule has 0 aliphatic rings. The average Bonchev–Trinajstić information content (AvgIpc) is 3.41. The lowest BCUT2D eigenvalue weighted by Gasteiger charge is -2.04. The highest BCUT2D eigenvalue weighted by Crippen LogP contribution is 2.32. The zero-order chi connectivity index (χ0) is 21.2. The first-order valence-electron chi connectivity index (χ1n) is 10.5. The standard InChI is InChI=1S/C27H24N4/c1-19-13-15-21(16-14-19)18-31-20(2)17-24(30-31)27-28-25(22-9-5-3-6-10-22)26(29-27)23-11-7-4-8-12-23/h3-17H,18H2,1-2H3,(H,28,29). The van der Waals surface area contributed by atoms with Crippen molar-refractivity contribution in [3.05, 3.63) is 108 Å². The number of aromatic nitrogens is 4. The van der Waals surface area contributed by atoms with Gasteiger partial charge in [-0.25, -0.2) is 4.98 Å². The molecule has 0 unspecified atom stereocenters. The van der Waals surface area contributed by atoms with Crippen molar-refractivity contribution >= 4 is 0 Å². The third-order valence-corrected chi connectivity index (χ3v) is 5.49. The molecule has 0 saturated carbocycles. The Morgan fingerprint density at radius 3 is 2.10 bits per heavy atom. The van der Waals surface area contributed by atoms with Crippen molar-refractivity contribution in [1.29, 1.82) is 0 Å². The van der Waals surface area contributed by atoms with Gasteiger partial charge in [-0.2, -0.15) is 5.10 Å². The van der Waals surface area contributed by atoms with Crippen molar-refractivity contribution in [2.45, 2.75) is 20.4 Å². The fraction of sp³-hybridized carbons (Fsp3) is 0.111. The lowest BCUT2D eigenvalue weighted by atomic mass is 10.1. The first kappa shape index (κ1) is 19.1. The Balaban J connectivity index is 1.55. The van der Waals surface area contributed by atoms with Gasteiger partial charge in [0, 0.05) is 16.8 Å². The predicted octanol–water partition coefficient (Wildman–Crippen LogP) is 6.27. The van der Waals surface area contributed by atoms with Crippen LogP contribution in [-0.4, -0.2) is 19.7 Å². The molecule has 0 spiro atoms. The van der Waals surface area contributed by atoms with E-state index in [1.54, 1.807) is 0 Å². The van der Waals surface area contributed by atoms with Gasteiger partial charge in [0.2, 0.25) is 0 Å². The van der Waals surface area contributed by atoms with Gasteiger partial charge in [-0.1, -0.05) is 90.5 Å². The Labute approximate surface area is 182 Å². The number of H-pyrrole nitrogens is 1. The normalized spacial score (nSPS) is 11.0. The Hall–Kier alpha value is -3.92. The summed E-state index contributed by atoms with van der Waals surface area (Å²) < 4.78 is 2.03. The van der Waals surface area contributed by atoms with Crippen molar-refractivity contribution < 1.29 is 0 Å². The van der Waals surface area contributed by atoms with Crippen LogP contribution in [0.15, 0.2) is 91.0 Å². The molecule has 4 nitrogen and oxygen atoms in total. The second kappa shape index (κ2) is 8.07. The van der Waals surface area contributed by atoms with Gasteiger partial charge in [0.05, 0.1) is 17.9 Å². The number of aryl methyl sites for hydroxylation is 2. The van der Waals surface area contributed by atoms with Gasteiger partial charge in [-0.3, -0.25) is 4.68 Å². The molecule has 0 fully saturated rings. The van der Waals surface area contributed by atoms with Gasteiger partial charge < -0.3 is 4.98 Å². The molecule has 0 amide bonds. The number of aromatic amines is 1. The molecule has 1 N–H and O–H groups in total. The van der Waals surface area contributed by atoms with E-state index < -0.39 is 0 Å². The average molecular weight is 405 g/mol. The highest BCUT2D eigenvalue weighted by atomic mass is 15.3. The lowest BCUT2D eigenvalue weighted by molar-refractivity contribution is 0.666. The van der Waals surface area contributed by atoms with Crippen LogP contribution in [0.4, 0.5) is 0 Å². The Kier molecular flexibility index (Phi) is 4.97. The molecule has 0 bridgehead atoms. The highest BCUT2D eigenvalue weighted by molar-refractivity contribution is 5.80. The van der Waals surface area contributed by atoms with Crippen LogP contribution in [0.1, 0.15) is 16.8 Å². The molecule has 0 saturated heterocycles. The molecule has 3 aromatic carbocycles. The summed E-state index contributed by atoms with van der Waals surface area (Å²) in [5.74, 6) is 0.781. The second-order valence-electron chi connectivity index (χ2n) is 7.86. The van der Waals surface area contributed by atoms with Crippen LogP contribution in [-0.2, 0) is 6.54 Å². The minimum atomic E-state index is 0.740. The summed E-state index contributed by atoms with van der Waals surface area (Å²) in [6, 6.07) is 31.3. The summed E-state index contributed by atoms with van der Waals surface area (Å²) in [6.07, 6.45) is 0. The number of hydrogen-bond acceptors (Lipinski definition) is 2. The summed E-state index contributed by atoms with van der Waals surface area (Å²) in [7, 11) is 0. The SMILES string of the molecule is Cc1ccc(Cn2nc(-c3nc(-c4ccccc4)c(-c4ccccc4)[nH]3)cc2C)cc1. The summed E-state index contributed by atoms with van der Waals surface area (Å²) in [5.41, 5.74) is 8.59. The minimum Gasteiger partial charge on any atom is -0.336 e. The molecule has 0 aliphatic carbocycles. The summed E-state index contributed by atoms with van der Waals surface area (Å²) in [6.45, 7) is 4.93. The van der Waals surface area contributed by atoms with Crippen molar-refractivity contribution in [3.8, 4) is 34.0 Å². The van der Waals surface area contributed by atoms with Gasteiger partial charge in [-0.15, -0.1) is 0 Å². The Morgan fingerprint density at radius 1 is 0.774 bits per heavy atom. The molecule has 0 radical (unpaired) electrons. The molecule has 0 aliphatic heterocycles. The maximum Gasteiger partial charge on any atom is 0.159 e. The topological polar surface area (TPSA) is 46.5 Å². The zero-order valence-corrected chi connectivity index (χ0v) is 17.7. The van der Waals surface area contributed by atoms with Gasteiger partial charge >= 0.3 is 0 Å². The first-order chi connectivity index (χ1) is 15.2. The molecule has 0 atom stereocenters. The first-order valence-corrected chi connectivity index (χ1v) is 10.5. The van der Waals surface area contributed by atoms with Crippen LogP contribution in [0.2, 0.25) is 0 Å². The van der Waals surface area contributed by atoms with E-state index >= 15 is 0 Å². The number of rotatable bonds is 5. The number of hydrogen-bond donors (Lipinski definition) is 1. The van der Waals surface area contributed by atoms with E-state index in [0.717, 1.165) is 46.3 Å². The Bertz CT molecular complexity index is 1240. The molecule has 4 heteroatoms. The molecular formula is C27H24N4. The predicted molar refractivity (Wildman–Crippen MR) is 126 cm³/mol. The van der Waals surface area contributed by atoms with E-state index in [9.17, 15) is 0 Å². The molecule has 2 heterocycles. The van der Waals surface area contributed by atoms with E-state index in [1.807, 2.05) is 41.1 Å². The van der Waals surface area contributed by atoms with Crippen LogP contribution in [0.5, 0.6) is 0 Å². The largest absolute Gasteiger partial charge is 0.336 e. The maximum atomic E-state index is 4.97. The fourth-order valence-corrected chi connectivity index (χ4v) is 3.77. The van der Waals surface area contributed by atoms with E-state index in [0.29, 0.717) is 0 Å². The van der Waals surface area contributed by atoms with Crippen LogP contribution in [0.3, 0.4) is 0 Å². The number of nitrogens with zero attached hydrogens (tertiary/aromatic N) is 3. The summed E-state index contributed by atoms with van der Waals surface area (Å²) in [5, 5.41) is 4.86. The van der Waals surface area contributed by atoms with E-state index in [4.69, 9.17) is 10.1 Å². The zero-order valence-electron chi connectivity index (χ0n) is 17.7. The molecule has 2 aromatic heterocycles. The minimum absolute atomic E-state index is 0.740. The third kappa shape index (κ3) is 3.92. The lowest BCUT2D eigenvalue weighted by Crippen LogP contribution is -2.03. The van der Waals surface area contributed by atoms with E-state index in [2.05, 4.69) is 73.4 Å². The summed E-state index contributed by atoms with van der Waals surface area (Å²) in [4.78, 5) is 8.51. The van der Waals surface area contributed by atoms with Gasteiger partial charge in [0.1, 0.15) is 5.69 Å². The van der Waals surface area contributed by atoms with Crippen molar-refractivity contribution in [3.63, 3.8) is 0 Å². The van der Waals surface area contributed by atoms with Crippen molar-refractivity contribution in [2.24, 2.45) is 0 Å². The second-order valence-corrected chi connectivity index (χ2v) is 7.86. The van der Waals surface area contributed by atoms with Crippen LogP contribution in [0.25, 0.3) is 34.0 Å². The van der Waals surface area contributed by atoms with E-state index in [-0.39, 0.29) is 0 Å². The molecule has 5 rings (SSSR count). The highest BCUT2D eigenvalue weighted by Gasteiger charge is 2.17. The van der Waals surface area contributed by atoms with Gasteiger partial charge in [0.25, 0.3) is 0 Å². The van der Waals surface area contributed by atoms with Gasteiger partial charge in [-0.05, 0) is 25.5 Å². The maximum absolute atomic E-state index is 4.97. The van der Waals surface area contributed by atoms with Gasteiger partial charge in [0.15, 0.2) is 5.82 Å². The van der Waals surface area contributed by atoms with E-state index in [1.165, 1.54) is 11.1 Å². The van der Waals surface area contributed by atoms with Crippen molar-refractivity contribution in [1.82, 2.24) is 19.7 Å². The quantitative estimate of drug-likeness (QED) is 0.375. The molecule has 31 heavy (non-hydrogen) atoms. The van der Waals surface area contributed by atoms with Crippen LogP contribution < -0.4 is 0 Å². The number of nitrogens with one attached hydrogen (secondary N) is 1. The fourth-order valence-electron chi connectivity index (χ4n) is 3.77. The molecule has 5 aromatic rings. The number of benzene rings is 3. The molecular weight excluding hydrogens is 380 g/mol. The Morgan fingerprint density at radius 2 is 1.42 bits per heavy atom. The smallest absolute Gasteiger partial charge is 0.159 e. The van der Waals surface area contributed by atoms with Crippen molar-refractivity contribution in [2.75, 3.05) is 0 Å². The third-order valence-electron chi connectivity index (χ3n) is 5.49. The number of imidazole rings is 1.